The van der Waals surface area contributed by atoms with Crippen LogP contribution in [0.5, 0.6) is 5.75 Å². The van der Waals surface area contributed by atoms with E-state index in [1.54, 1.807) is 12.0 Å². The zero-order valence-electron chi connectivity index (χ0n) is 11.8. The molecule has 1 aromatic rings. The van der Waals surface area contributed by atoms with Gasteiger partial charge >= 0.3 is 5.97 Å². The summed E-state index contributed by atoms with van der Waals surface area (Å²) in [5, 5.41) is 0. The van der Waals surface area contributed by atoms with Crippen LogP contribution < -0.4 is 4.74 Å². The SMILES string of the molecule is CCN1CC(C(=O)OCc2cccc(OC)c2)CC1=O. The number of hydrogen-bond acceptors (Lipinski definition) is 4. The average molecular weight is 277 g/mol. The van der Waals surface area contributed by atoms with Gasteiger partial charge < -0.3 is 14.4 Å². The first kappa shape index (κ1) is 14.4. The van der Waals surface area contributed by atoms with Crippen molar-refractivity contribution < 1.29 is 19.1 Å². The van der Waals surface area contributed by atoms with Crippen LogP contribution in [0.3, 0.4) is 0 Å². The van der Waals surface area contributed by atoms with Crippen LogP contribution in [0.15, 0.2) is 24.3 Å². The van der Waals surface area contributed by atoms with E-state index in [2.05, 4.69) is 0 Å². The van der Waals surface area contributed by atoms with E-state index < -0.39 is 0 Å². The molecule has 108 valence electrons. The van der Waals surface area contributed by atoms with Gasteiger partial charge in [0, 0.05) is 19.5 Å². The lowest BCUT2D eigenvalue weighted by Crippen LogP contribution is -2.26. The Kier molecular flexibility index (Phi) is 4.61. The molecule has 0 spiro atoms. The summed E-state index contributed by atoms with van der Waals surface area (Å²) in [6.07, 6.45) is 0.255. The molecule has 1 unspecified atom stereocenters. The smallest absolute Gasteiger partial charge is 0.311 e. The number of carbonyl (C=O) groups excluding carboxylic acids is 2. The van der Waals surface area contributed by atoms with Gasteiger partial charge in [-0.2, -0.15) is 0 Å². The van der Waals surface area contributed by atoms with Crippen LogP contribution in [0, 0.1) is 5.92 Å². The lowest BCUT2D eigenvalue weighted by molar-refractivity contribution is -0.149. The fourth-order valence-corrected chi connectivity index (χ4v) is 2.27. The summed E-state index contributed by atoms with van der Waals surface area (Å²) >= 11 is 0. The minimum absolute atomic E-state index is 0.0239. The van der Waals surface area contributed by atoms with Gasteiger partial charge in [-0.15, -0.1) is 0 Å². The molecule has 1 atom stereocenters. The Morgan fingerprint density at radius 2 is 2.25 bits per heavy atom. The molecule has 1 heterocycles. The molecule has 1 amide bonds. The Balaban J connectivity index is 1.88. The zero-order chi connectivity index (χ0) is 14.5. The van der Waals surface area contributed by atoms with E-state index >= 15 is 0 Å². The summed E-state index contributed by atoms with van der Waals surface area (Å²) in [4.78, 5) is 25.2. The maximum atomic E-state index is 11.9. The molecule has 0 N–H and O–H groups in total. The Morgan fingerprint density at radius 3 is 2.90 bits per heavy atom. The third-order valence-corrected chi connectivity index (χ3v) is 3.44. The van der Waals surface area contributed by atoms with Gasteiger partial charge in [-0.05, 0) is 24.6 Å². The molecular weight excluding hydrogens is 258 g/mol. The van der Waals surface area contributed by atoms with Crippen LogP contribution in [-0.2, 0) is 20.9 Å². The predicted octanol–water partition coefficient (Wildman–Crippen LogP) is 1.61. The quantitative estimate of drug-likeness (QED) is 0.767. The van der Waals surface area contributed by atoms with Gasteiger partial charge in [0.05, 0.1) is 13.0 Å². The van der Waals surface area contributed by atoms with Crippen molar-refractivity contribution >= 4 is 11.9 Å². The van der Waals surface area contributed by atoms with Crippen LogP contribution in [0.1, 0.15) is 18.9 Å². The molecule has 0 saturated carbocycles. The maximum absolute atomic E-state index is 11.9. The number of methoxy groups -OCH3 is 1. The van der Waals surface area contributed by atoms with Crippen molar-refractivity contribution in [1.82, 2.24) is 4.90 Å². The number of ether oxygens (including phenoxy) is 2. The number of nitrogens with zero attached hydrogens (tertiary/aromatic N) is 1. The molecule has 1 fully saturated rings. The third-order valence-electron chi connectivity index (χ3n) is 3.44. The van der Waals surface area contributed by atoms with Gasteiger partial charge in [0.25, 0.3) is 0 Å². The van der Waals surface area contributed by atoms with Crippen molar-refractivity contribution in [2.24, 2.45) is 5.92 Å². The van der Waals surface area contributed by atoms with Crippen molar-refractivity contribution in [3.8, 4) is 5.75 Å². The second kappa shape index (κ2) is 6.41. The van der Waals surface area contributed by atoms with Crippen LogP contribution >= 0.6 is 0 Å². The molecule has 0 radical (unpaired) electrons. The van der Waals surface area contributed by atoms with E-state index in [4.69, 9.17) is 9.47 Å². The molecule has 0 aromatic heterocycles. The number of amides is 1. The first-order chi connectivity index (χ1) is 9.63. The first-order valence-electron chi connectivity index (χ1n) is 6.71. The largest absolute Gasteiger partial charge is 0.497 e. The van der Waals surface area contributed by atoms with Crippen LogP contribution in [0.2, 0.25) is 0 Å². The summed E-state index contributed by atoms with van der Waals surface area (Å²) in [5.41, 5.74) is 0.870. The van der Waals surface area contributed by atoms with Gasteiger partial charge in [0.1, 0.15) is 12.4 Å². The van der Waals surface area contributed by atoms with E-state index in [0.717, 1.165) is 11.3 Å². The summed E-state index contributed by atoms with van der Waals surface area (Å²) in [6, 6.07) is 7.37. The molecule has 0 aliphatic carbocycles. The average Bonchev–Trinajstić information content (AvgIpc) is 2.86. The van der Waals surface area contributed by atoms with Gasteiger partial charge in [0.15, 0.2) is 0 Å². The summed E-state index contributed by atoms with van der Waals surface area (Å²) in [5.74, 6) is 0.104. The number of likely N-dealkylation sites (tertiary alicyclic amines) is 1. The van der Waals surface area contributed by atoms with Crippen molar-refractivity contribution in [2.45, 2.75) is 20.0 Å². The molecule has 20 heavy (non-hydrogen) atoms. The second-order valence-electron chi connectivity index (χ2n) is 4.79. The second-order valence-corrected chi connectivity index (χ2v) is 4.79. The highest BCUT2D eigenvalue weighted by Crippen LogP contribution is 2.20. The fraction of sp³-hybridized carbons (Fsp3) is 0.467. The lowest BCUT2D eigenvalue weighted by atomic mass is 10.1. The summed E-state index contributed by atoms with van der Waals surface area (Å²) < 4.78 is 10.4. The molecule has 1 aromatic carbocycles. The normalized spacial score (nSPS) is 18.2. The lowest BCUT2D eigenvalue weighted by Gasteiger charge is -2.13. The molecule has 1 saturated heterocycles. The highest BCUT2D eigenvalue weighted by atomic mass is 16.5. The standard InChI is InChI=1S/C15H19NO4/c1-3-16-9-12(8-14(16)17)15(18)20-10-11-5-4-6-13(7-11)19-2/h4-7,12H,3,8-10H2,1-2H3. The molecule has 0 bridgehead atoms. The summed E-state index contributed by atoms with van der Waals surface area (Å²) in [6.45, 7) is 3.21. The van der Waals surface area contributed by atoms with E-state index in [-0.39, 0.29) is 30.8 Å². The molecule has 5 nitrogen and oxygen atoms in total. The zero-order valence-corrected chi connectivity index (χ0v) is 11.8. The van der Waals surface area contributed by atoms with Crippen molar-refractivity contribution in [1.29, 1.82) is 0 Å². The predicted molar refractivity (Wildman–Crippen MR) is 73.2 cm³/mol. The van der Waals surface area contributed by atoms with Gasteiger partial charge in [-0.25, -0.2) is 0 Å². The van der Waals surface area contributed by atoms with Crippen molar-refractivity contribution in [3.05, 3.63) is 29.8 Å². The number of carbonyl (C=O) groups is 2. The molecule has 2 rings (SSSR count). The van der Waals surface area contributed by atoms with Gasteiger partial charge in [-0.3, -0.25) is 9.59 Å². The van der Waals surface area contributed by atoms with Gasteiger partial charge in [-0.1, -0.05) is 12.1 Å². The Labute approximate surface area is 118 Å². The third kappa shape index (κ3) is 3.29. The van der Waals surface area contributed by atoms with Crippen LogP contribution in [-0.4, -0.2) is 37.0 Å². The molecular formula is C15H19NO4. The first-order valence-corrected chi connectivity index (χ1v) is 6.71. The minimum atomic E-state index is -0.340. The monoisotopic (exact) mass is 277 g/mol. The molecule has 1 aliphatic heterocycles. The maximum Gasteiger partial charge on any atom is 0.311 e. The molecule has 1 aliphatic rings. The fourth-order valence-electron chi connectivity index (χ4n) is 2.27. The highest BCUT2D eigenvalue weighted by molar-refractivity contribution is 5.86. The number of rotatable bonds is 5. The number of esters is 1. The Hall–Kier alpha value is -2.04. The van der Waals surface area contributed by atoms with Crippen molar-refractivity contribution in [2.75, 3.05) is 20.2 Å². The van der Waals surface area contributed by atoms with E-state index in [1.807, 2.05) is 31.2 Å². The van der Waals surface area contributed by atoms with Gasteiger partial charge in [0.2, 0.25) is 5.91 Å². The van der Waals surface area contributed by atoms with E-state index in [1.165, 1.54) is 0 Å². The van der Waals surface area contributed by atoms with Crippen molar-refractivity contribution in [3.63, 3.8) is 0 Å². The topological polar surface area (TPSA) is 55.8 Å². The van der Waals surface area contributed by atoms with E-state index in [9.17, 15) is 9.59 Å². The highest BCUT2D eigenvalue weighted by Gasteiger charge is 2.34. The Morgan fingerprint density at radius 1 is 1.45 bits per heavy atom. The van der Waals surface area contributed by atoms with Crippen LogP contribution in [0.25, 0.3) is 0 Å². The Bertz CT molecular complexity index is 500. The number of hydrogen-bond donors (Lipinski definition) is 0. The van der Waals surface area contributed by atoms with Crippen LogP contribution in [0.4, 0.5) is 0 Å². The number of benzene rings is 1. The minimum Gasteiger partial charge on any atom is -0.497 e. The van der Waals surface area contributed by atoms with E-state index in [0.29, 0.717) is 13.1 Å². The molecule has 5 heteroatoms. The summed E-state index contributed by atoms with van der Waals surface area (Å²) in [7, 11) is 1.59.